The fraction of sp³-hybridized carbons (Fsp3) is 0.957. The molecule has 33 atom stereocenters. The van der Waals surface area contributed by atoms with Gasteiger partial charge in [0.2, 0.25) is 0 Å². The molecule has 0 amide bonds. The fourth-order valence-electron chi connectivity index (χ4n) is 9.98. The van der Waals surface area contributed by atoms with E-state index in [0.717, 1.165) is 32.1 Å². The van der Waals surface area contributed by atoms with Crippen LogP contribution in [0.15, 0.2) is 12.7 Å². The minimum Gasteiger partial charge on any atom is -0.394 e. The van der Waals surface area contributed by atoms with E-state index in [9.17, 15) is 125 Å². The Morgan fingerprint density at radius 2 is 0.618 bits per heavy atom. The first-order valence-corrected chi connectivity index (χ1v) is 32.4. The van der Waals surface area contributed by atoms with E-state index in [2.05, 4.69) is 6.58 Å². The van der Waals surface area contributed by atoms with Crippen molar-refractivity contribution in [1.82, 2.24) is 0 Å². The second-order valence-corrected chi connectivity index (χ2v) is 25.7. The predicted molar refractivity (Wildman–Crippen MR) is 278 cm³/mol. The maximum Gasteiger partial charge on any atom is 0.474 e. The van der Waals surface area contributed by atoms with E-state index >= 15 is 0 Å². The molecule has 0 aromatic rings. The molecule has 0 radical (unpaired) electrons. The topological polar surface area (TPSA) is 635 Å². The zero-order valence-electron chi connectivity index (χ0n) is 47.0. The van der Waals surface area contributed by atoms with Gasteiger partial charge in [-0.05, 0) is 19.3 Å². The molecule has 0 aromatic heterocycles. The molecular weight excluding hydrogens is 1290 g/mol. The van der Waals surface area contributed by atoms with Crippen LogP contribution in [0.2, 0.25) is 0 Å². The normalized spacial score (nSPS) is 45.3. The van der Waals surface area contributed by atoms with Crippen LogP contribution in [-0.2, 0) is 83.5 Å². The number of rotatable bonds is 32. The van der Waals surface area contributed by atoms with Crippen LogP contribution in [0.5, 0.6) is 0 Å². The van der Waals surface area contributed by atoms with Crippen molar-refractivity contribution in [3.63, 3.8) is 0 Å². The van der Waals surface area contributed by atoms with Crippen LogP contribution in [0.25, 0.3) is 0 Å². The van der Waals surface area contributed by atoms with Crippen molar-refractivity contribution in [2.24, 2.45) is 0 Å². The SMILES string of the molecule is C=CCCCCCCCCOP(=O)(O)O[C@H]1O[C@H](CO)[C@@H](O[C@@H]2O[C@H](COP(=O)(O)O[C@H]3O[C@H](CO)[C@@H](O[C@@H]4O[C@H](COP(=O)(O)O[C@H]5O[C@H](CO)[C@@H](O)[C@H](O)[C@@H]5O[C@H]5O[C@H](CO)[C@@H](O)[C@H](O)[C@@H]5O)[C@H](O)[C@H](O)[C@H]4O)[C@H](O)[C@@H]3O)[C@H](O)[C@H](O)[C@H]2O)[C@H](O)[C@@H]1O. The monoisotopic (exact) mass is 1370 g/mol. The van der Waals surface area contributed by atoms with E-state index in [-0.39, 0.29) is 6.61 Å². The van der Waals surface area contributed by atoms with Crippen molar-refractivity contribution < 1.29 is 195 Å². The average molecular weight is 1370 g/mol. The van der Waals surface area contributed by atoms with Crippen LogP contribution in [0.4, 0.5) is 0 Å². The summed E-state index contributed by atoms with van der Waals surface area (Å²) in [4.78, 5) is 31.8. The highest BCUT2D eigenvalue weighted by Crippen LogP contribution is 2.50. The van der Waals surface area contributed by atoms with E-state index in [4.69, 9.17) is 69.8 Å². The Labute approximate surface area is 505 Å². The van der Waals surface area contributed by atoms with Crippen LogP contribution < -0.4 is 0 Å². The molecule has 43 heteroatoms. The number of hydrogen-bond acceptors (Lipinski definition) is 37. The van der Waals surface area contributed by atoms with Gasteiger partial charge in [0.05, 0.1) is 46.2 Å². The van der Waals surface area contributed by atoms with Crippen LogP contribution in [0, 0.1) is 0 Å². The van der Waals surface area contributed by atoms with Crippen molar-refractivity contribution in [3.8, 4) is 0 Å². The van der Waals surface area contributed by atoms with Crippen LogP contribution in [-0.4, -0.2) is 342 Å². The zero-order valence-corrected chi connectivity index (χ0v) is 49.7. The quantitative estimate of drug-likeness (QED) is 0.0169. The highest BCUT2D eigenvalue weighted by molar-refractivity contribution is 7.47. The Kier molecular flexibility index (Phi) is 29.6. The minimum absolute atomic E-state index is 0.231. The number of allylic oxidation sites excluding steroid dienone is 1. The van der Waals surface area contributed by atoms with Crippen molar-refractivity contribution >= 4 is 23.5 Å². The van der Waals surface area contributed by atoms with Crippen molar-refractivity contribution in [3.05, 3.63) is 12.7 Å². The summed E-state index contributed by atoms with van der Waals surface area (Å²) in [5.41, 5.74) is 0. The number of ether oxygens (including phenoxy) is 9. The molecule has 89 heavy (non-hydrogen) atoms. The third-order valence-electron chi connectivity index (χ3n) is 15.1. The summed E-state index contributed by atoms with van der Waals surface area (Å²) in [5.74, 6) is 0. The molecule has 6 fully saturated rings. The standard InChI is InChI=1S/C46H83O40P3/c1-2-3-4-5-6-7-8-9-10-72-87(66,67)84-44-36(64)31(59)38(19(13-49)77-44)81-42-34(62)28(56)25(53)21(79-42)15-73-88(68,69)85-45-37(65)32(60)39(20(14-50)78-45)82-43-35(63)29(57)26(54)22(80-43)16-74-89(70,71)86-46-40(30(58)24(52)18(12-48)76-46)83-41-33(61)27(55)23(51)17(11-47)75-41/h2,17-65H,1,3-16H2,(H,66,67)(H,68,69)(H,70,71)/t17-,18-,19-,20-,21-,22-,23-,24-,25+,26+,27+,28+,29+,30+,31-,32-,33+,34-,35-,36+,37+,38-,39-,40+,41-,42+,43+,44-,45-,46-/m1/s1. The lowest BCUT2D eigenvalue weighted by molar-refractivity contribution is -0.359. The second-order valence-electron chi connectivity index (χ2n) is 21.5. The third-order valence-corrected chi connectivity index (χ3v) is 18.0. The minimum atomic E-state index is -5.66. The second kappa shape index (κ2) is 34.2. The van der Waals surface area contributed by atoms with Gasteiger partial charge >= 0.3 is 23.5 Å². The highest BCUT2D eigenvalue weighted by atomic mass is 31.2. The lowest BCUT2D eigenvalue weighted by Crippen LogP contribution is -2.65. The molecule has 6 heterocycles. The molecule has 22 N–H and O–H groups in total. The van der Waals surface area contributed by atoms with E-state index in [0.29, 0.717) is 12.8 Å². The summed E-state index contributed by atoms with van der Waals surface area (Å²) in [7, 11) is -16.3. The smallest absolute Gasteiger partial charge is 0.394 e. The average Bonchev–Trinajstić information content (AvgIpc) is 1.60. The van der Waals surface area contributed by atoms with Crippen molar-refractivity contribution in [2.75, 3.05) is 46.2 Å². The maximum atomic E-state index is 13.4. The number of aliphatic hydroxyl groups is 19. The van der Waals surface area contributed by atoms with Gasteiger partial charge in [-0.15, -0.1) is 6.58 Å². The summed E-state index contributed by atoms with van der Waals surface area (Å²) >= 11 is 0. The first kappa shape index (κ1) is 77.0. The molecule has 0 aromatic carbocycles. The van der Waals surface area contributed by atoms with E-state index in [1.807, 2.05) is 6.08 Å². The largest absolute Gasteiger partial charge is 0.474 e. The van der Waals surface area contributed by atoms with Crippen LogP contribution in [0.1, 0.15) is 44.9 Å². The molecule has 522 valence electrons. The van der Waals surface area contributed by atoms with Crippen LogP contribution >= 0.6 is 23.5 Å². The number of hydrogen-bond donors (Lipinski definition) is 22. The van der Waals surface area contributed by atoms with Crippen LogP contribution in [0.3, 0.4) is 0 Å². The molecule has 3 unspecified atom stereocenters. The maximum absolute atomic E-state index is 13.4. The Hall–Kier alpha value is -1.05. The molecule has 40 nitrogen and oxygen atoms in total. The molecule has 0 aliphatic carbocycles. The molecule has 6 aliphatic rings. The van der Waals surface area contributed by atoms with Gasteiger partial charge in [-0.2, -0.15) is 0 Å². The Morgan fingerprint density at radius 3 is 1.02 bits per heavy atom. The van der Waals surface area contributed by atoms with Crippen molar-refractivity contribution in [1.29, 1.82) is 0 Å². The van der Waals surface area contributed by atoms with Gasteiger partial charge < -0.3 is 154 Å². The molecule has 0 spiro atoms. The van der Waals surface area contributed by atoms with E-state index in [1.165, 1.54) is 0 Å². The zero-order chi connectivity index (χ0) is 66.0. The summed E-state index contributed by atoms with van der Waals surface area (Å²) in [6.07, 6.45) is -56.3. The third kappa shape index (κ3) is 19.8. The first-order chi connectivity index (χ1) is 41.8. The van der Waals surface area contributed by atoms with Gasteiger partial charge in [-0.3, -0.25) is 27.1 Å². The van der Waals surface area contributed by atoms with E-state index < -0.39 is 247 Å². The Balaban J connectivity index is 1.02. The molecular formula is C46H83O40P3. The number of phosphoric acid groups is 3. The number of phosphoric ester groups is 3. The number of aliphatic hydroxyl groups excluding tert-OH is 19. The Bertz CT molecular complexity index is 2280. The summed E-state index contributed by atoms with van der Waals surface area (Å²) in [6, 6.07) is 0. The van der Waals surface area contributed by atoms with Gasteiger partial charge in [0, 0.05) is 0 Å². The highest BCUT2D eigenvalue weighted by Gasteiger charge is 2.57. The van der Waals surface area contributed by atoms with Crippen molar-refractivity contribution in [2.45, 2.75) is 229 Å². The van der Waals surface area contributed by atoms with Gasteiger partial charge in [-0.25, -0.2) is 13.7 Å². The first-order valence-electron chi connectivity index (χ1n) is 28.0. The van der Waals surface area contributed by atoms with E-state index in [1.54, 1.807) is 0 Å². The molecule has 6 saturated heterocycles. The summed E-state index contributed by atoms with van der Waals surface area (Å²) < 4.78 is 118. The fourth-order valence-corrected chi connectivity index (χ4v) is 12.5. The Morgan fingerprint density at radius 1 is 0.326 bits per heavy atom. The van der Waals surface area contributed by atoms with Gasteiger partial charge in [-0.1, -0.05) is 31.8 Å². The van der Waals surface area contributed by atoms with Gasteiger partial charge in [0.15, 0.2) is 37.7 Å². The lowest BCUT2D eigenvalue weighted by atomic mass is 9.97. The molecule has 0 bridgehead atoms. The molecule has 0 saturated carbocycles. The lowest BCUT2D eigenvalue weighted by Gasteiger charge is -2.46. The predicted octanol–water partition coefficient (Wildman–Crippen LogP) is -9.81. The molecule has 6 rings (SSSR count). The van der Waals surface area contributed by atoms with Gasteiger partial charge in [0.1, 0.15) is 146 Å². The number of unbranched alkanes of at least 4 members (excludes halogenated alkanes) is 6. The van der Waals surface area contributed by atoms with Gasteiger partial charge in [0.25, 0.3) is 0 Å². The summed E-state index contributed by atoms with van der Waals surface area (Å²) in [5, 5.41) is 200. The molecule has 6 aliphatic heterocycles. The summed E-state index contributed by atoms with van der Waals surface area (Å²) in [6.45, 7) is -3.42.